The maximum absolute atomic E-state index is 14.3. The summed E-state index contributed by atoms with van der Waals surface area (Å²) >= 11 is 3.07. The molecule has 2 nitrogen and oxygen atoms in total. The summed E-state index contributed by atoms with van der Waals surface area (Å²) in [4.78, 5) is 11.6. The van der Waals surface area contributed by atoms with Crippen molar-refractivity contribution in [2.45, 2.75) is 45.5 Å². The fourth-order valence-electron chi connectivity index (χ4n) is 1.45. The molecule has 0 heterocycles. The lowest BCUT2D eigenvalue weighted by Gasteiger charge is -2.36. The molecule has 0 aliphatic carbocycles. The number of carbonyl (C=O) groups excluding carboxylic acids is 1. The quantitative estimate of drug-likeness (QED) is 0.423. The molecule has 1 aromatic carbocycles. The number of carbonyl (C=O) groups is 1. The van der Waals surface area contributed by atoms with Gasteiger partial charge < -0.3 is 4.43 Å². The molecule has 0 bridgehead atoms. The van der Waals surface area contributed by atoms with E-state index in [2.05, 4.69) is 49.8 Å². The van der Waals surface area contributed by atoms with E-state index in [1.807, 2.05) is 0 Å². The predicted molar refractivity (Wildman–Crippen MR) is 86.5 cm³/mol. The summed E-state index contributed by atoms with van der Waals surface area (Å²) < 4.78 is 20.3. The molecule has 0 aliphatic rings. The fourth-order valence-corrected chi connectivity index (χ4v) is 2.70. The average molecular weight is 361 g/mol. The topological polar surface area (TPSA) is 26.3 Å². The first-order chi connectivity index (χ1) is 9.10. The van der Waals surface area contributed by atoms with E-state index in [-0.39, 0.29) is 28.3 Å². The van der Waals surface area contributed by atoms with Gasteiger partial charge in [0.25, 0.3) is 0 Å². The number of ketones is 1. The van der Waals surface area contributed by atoms with E-state index in [0.717, 1.165) is 0 Å². The van der Waals surface area contributed by atoms with Gasteiger partial charge in [0.2, 0.25) is 0 Å². The SMILES string of the molecule is CC(C)(C)[Si](C)(C)OCc1cccc(C(=O)CBr)c1F. The van der Waals surface area contributed by atoms with E-state index >= 15 is 0 Å². The number of benzene rings is 1. The Morgan fingerprint density at radius 2 is 1.95 bits per heavy atom. The summed E-state index contributed by atoms with van der Waals surface area (Å²) in [7, 11) is -1.92. The van der Waals surface area contributed by atoms with Gasteiger partial charge in [-0.1, -0.05) is 48.8 Å². The first-order valence-corrected chi connectivity index (χ1v) is 10.6. The normalized spacial score (nSPS) is 12.6. The molecule has 1 rings (SSSR count). The van der Waals surface area contributed by atoms with Crippen molar-refractivity contribution in [2.24, 2.45) is 0 Å². The third-order valence-corrected chi connectivity index (χ3v) is 8.88. The predicted octanol–water partition coefficient (Wildman–Crippen LogP) is 4.93. The van der Waals surface area contributed by atoms with Crippen molar-refractivity contribution in [1.82, 2.24) is 0 Å². The van der Waals surface area contributed by atoms with E-state index in [0.29, 0.717) is 5.56 Å². The molecule has 20 heavy (non-hydrogen) atoms. The lowest BCUT2D eigenvalue weighted by atomic mass is 10.1. The van der Waals surface area contributed by atoms with Crippen molar-refractivity contribution < 1.29 is 13.6 Å². The third-order valence-electron chi connectivity index (χ3n) is 3.90. The first kappa shape index (κ1) is 17.5. The Balaban J connectivity index is 2.93. The highest BCUT2D eigenvalue weighted by Crippen LogP contribution is 2.37. The second kappa shape index (κ2) is 6.50. The maximum atomic E-state index is 14.3. The summed E-state index contributed by atoms with van der Waals surface area (Å²) in [5.41, 5.74) is 0.569. The molecule has 0 atom stereocenters. The van der Waals surface area contributed by atoms with Gasteiger partial charge in [0.1, 0.15) is 5.82 Å². The van der Waals surface area contributed by atoms with Crippen LogP contribution in [0.4, 0.5) is 4.39 Å². The largest absolute Gasteiger partial charge is 0.412 e. The highest BCUT2D eigenvalue weighted by Gasteiger charge is 2.37. The second-order valence-corrected chi connectivity index (χ2v) is 11.8. The van der Waals surface area contributed by atoms with Crippen LogP contribution < -0.4 is 0 Å². The Morgan fingerprint density at radius 3 is 2.45 bits per heavy atom. The van der Waals surface area contributed by atoms with Crippen LogP contribution in [-0.4, -0.2) is 19.4 Å². The number of hydrogen-bond donors (Lipinski definition) is 0. The van der Waals surface area contributed by atoms with Gasteiger partial charge in [-0.05, 0) is 24.2 Å². The summed E-state index contributed by atoms with van der Waals surface area (Å²) in [5.74, 6) is -0.715. The zero-order valence-electron chi connectivity index (χ0n) is 12.7. The van der Waals surface area contributed by atoms with Crippen LogP contribution in [0, 0.1) is 5.82 Å². The second-order valence-electron chi connectivity index (χ2n) is 6.38. The zero-order valence-corrected chi connectivity index (χ0v) is 15.3. The first-order valence-electron chi connectivity index (χ1n) is 6.60. The Morgan fingerprint density at radius 1 is 1.35 bits per heavy atom. The van der Waals surface area contributed by atoms with Crippen LogP contribution in [0.2, 0.25) is 18.1 Å². The van der Waals surface area contributed by atoms with Gasteiger partial charge in [-0.25, -0.2) is 4.39 Å². The number of halogens is 2. The Hall–Kier alpha value is -0.523. The minimum absolute atomic E-state index is 0.0762. The maximum Gasteiger partial charge on any atom is 0.192 e. The van der Waals surface area contributed by atoms with Crippen molar-refractivity contribution in [1.29, 1.82) is 0 Å². The molecule has 1 aromatic rings. The molecule has 0 N–H and O–H groups in total. The minimum Gasteiger partial charge on any atom is -0.412 e. The van der Waals surface area contributed by atoms with E-state index in [4.69, 9.17) is 4.43 Å². The summed E-state index contributed by atoms with van der Waals surface area (Å²) in [6.07, 6.45) is 0. The smallest absolute Gasteiger partial charge is 0.192 e. The van der Waals surface area contributed by atoms with Gasteiger partial charge in [-0.15, -0.1) is 0 Å². The lowest BCUT2D eigenvalue weighted by molar-refractivity contribution is 0.101. The molecule has 0 aromatic heterocycles. The van der Waals surface area contributed by atoms with Crippen molar-refractivity contribution in [3.8, 4) is 0 Å². The number of Topliss-reactive ketones (excluding diaryl/α,β-unsaturated/α-hetero) is 1. The van der Waals surface area contributed by atoms with Gasteiger partial charge >= 0.3 is 0 Å². The van der Waals surface area contributed by atoms with Gasteiger partial charge in [-0.2, -0.15) is 0 Å². The van der Waals surface area contributed by atoms with Gasteiger partial charge in [-0.3, -0.25) is 4.79 Å². The molecular weight excluding hydrogens is 339 g/mol. The summed E-state index contributed by atoms with van der Waals surface area (Å²) in [5, 5.41) is 0.198. The van der Waals surface area contributed by atoms with Crippen LogP contribution in [0.1, 0.15) is 36.7 Å². The van der Waals surface area contributed by atoms with Crippen LogP contribution >= 0.6 is 15.9 Å². The van der Waals surface area contributed by atoms with Crippen LogP contribution in [0.25, 0.3) is 0 Å². The van der Waals surface area contributed by atoms with E-state index in [1.54, 1.807) is 12.1 Å². The van der Waals surface area contributed by atoms with Crippen LogP contribution in [-0.2, 0) is 11.0 Å². The minimum atomic E-state index is -1.92. The standard InChI is InChI=1S/C15H22BrFO2Si/c1-15(2,3)20(4,5)19-10-11-7-6-8-12(14(11)17)13(18)9-16/h6-8H,9-10H2,1-5H3. The molecule has 0 radical (unpaired) electrons. The molecule has 5 heteroatoms. The highest BCUT2D eigenvalue weighted by atomic mass is 79.9. The Bertz CT molecular complexity index is 495. The number of alkyl halides is 1. The van der Waals surface area contributed by atoms with Crippen LogP contribution in [0.3, 0.4) is 0 Å². The lowest BCUT2D eigenvalue weighted by Crippen LogP contribution is -2.40. The van der Waals surface area contributed by atoms with Crippen molar-refractivity contribution in [2.75, 3.05) is 5.33 Å². The molecular formula is C15H22BrFO2Si. The van der Waals surface area contributed by atoms with E-state index < -0.39 is 14.1 Å². The van der Waals surface area contributed by atoms with Gasteiger partial charge in [0.05, 0.1) is 17.5 Å². The third kappa shape index (κ3) is 3.99. The van der Waals surface area contributed by atoms with E-state index in [1.165, 1.54) is 6.07 Å². The fraction of sp³-hybridized carbons (Fsp3) is 0.533. The van der Waals surface area contributed by atoms with E-state index in [9.17, 15) is 9.18 Å². The summed E-state index contributed by atoms with van der Waals surface area (Å²) in [6, 6.07) is 4.88. The molecule has 0 aliphatic heterocycles. The average Bonchev–Trinajstić information content (AvgIpc) is 2.35. The van der Waals surface area contributed by atoms with Crippen LogP contribution in [0.15, 0.2) is 18.2 Å². The molecule has 0 spiro atoms. The van der Waals surface area contributed by atoms with Crippen LogP contribution in [0.5, 0.6) is 0 Å². The molecule has 0 saturated heterocycles. The van der Waals surface area contributed by atoms with Crippen molar-refractivity contribution in [3.63, 3.8) is 0 Å². The summed E-state index contributed by atoms with van der Waals surface area (Å²) in [6.45, 7) is 10.9. The highest BCUT2D eigenvalue weighted by molar-refractivity contribution is 9.09. The van der Waals surface area contributed by atoms with Crippen molar-refractivity contribution >= 4 is 30.0 Å². The zero-order chi connectivity index (χ0) is 15.6. The number of rotatable bonds is 5. The number of hydrogen-bond acceptors (Lipinski definition) is 2. The molecule has 0 unspecified atom stereocenters. The Labute approximate surface area is 130 Å². The molecule has 0 saturated carbocycles. The monoisotopic (exact) mass is 360 g/mol. The Kier molecular flexibility index (Phi) is 5.69. The van der Waals surface area contributed by atoms with Gasteiger partial charge in [0.15, 0.2) is 14.1 Å². The molecule has 0 amide bonds. The molecule has 112 valence electrons. The van der Waals surface area contributed by atoms with Gasteiger partial charge in [0, 0.05) is 5.56 Å². The molecule has 0 fully saturated rings. The van der Waals surface area contributed by atoms with Crippen molar-refractivity contribution in [3.05, 3.63) is 35.1 Å².